The van der Waals surface area contributed by atoms with E-state index in [0.29, 0.717) is 28.1 Å². The Labute approximate surface area is 178 Å². The lowest BCUT2D eigenvalue weighted by Crippen LogP contribution is -2.60. The first-order chi connectivity index (χ1) is 13.9. The molecule has 6 rings (SSSR count). The molecule has 1 amide bonds. The Morgan fingerprint density at radius 2 is 1.90 bits per heavy atom. The van der Waals surface area contributed by atoms with Crippen molar-refractivity contribution >= 4 is 27.5 Å². The van der Waals surface area contributed by atoms with Crippen molar-refractivity contribution in [2.24, 2.45) is 17.3 Å². The van der Waals surface area contributed by atoms with E-state index in [1.165, 1.54) is 6.42 Å². The maximum atomic E-state index is 13.6. The van der Waals surface area contributed by atoms with Crippen LogP contribution in [0.2, 0.25) is 0 Å². The maximum Gasteiger partial charge on any atom is 0.230 e. The first kappa shape index (κ1) is 18.9. The number of halogens is 1. The number of aromatic nitrogens is 3. The van der Waals surface area contributed by atoms with E-state index in [9.17, 15) is 4.79 Å². The van der Waals surface area contributed by atoms with Crippen LogP contribution in [-0.4, -0.2) is 34.9 Å². The van der Waals surface area contributed by atoms with Gasteiger partial charge in [0.15, 0.2) is 11.5 Å². The molecule has 0 radical (unpaired) electrons. The molecule has 1 aromatic heterocycles. The highest BCUT2D eigenvalue weighted by Crippen LogP contribution is 2.64. The Morgan fingerprint density at radius 3 is 2.52 bits per heavy atom. The Bertz CT molecular complexity index is 945. The number of anilines is 1. The largest absolute Gasteiger partial charge is 0.493 e. The van der Waals surface area contributed by atoms with Gasteiger partial charge in [-0.05, 0) is 78.4 Å². The van der Waals surface area contributed by atoms with Crippen LogP contribution in [0.25, 0.3) is 0 Å². The molecule has 0 spiro atoms. The maximum absolute atomic E-state index is 13.6. The second-order valence-corrected chi connectivity index (χ2v) is 9.66. The summed E-state index contributed by atoms with van der Waals surface area (Å²) in [6, 6.07) is 5.51. The number of carbonyl (C=O) groups excluding carboxylic acids is 1. The van der Waals surface area contributed by atoms with Gasteiger partial charge in [0, 0.05) is 11.8 Å². The summed E-state index contributed by atoms with van der Waals surface area (Å²) in [6.45, 7) is 0. The second-order valence-electron chi connectivity index (χ2n) is 8.95. The van der Waals surface area contributed by atoms with Crippen molar-refractivity contribution in [3.63, 3.8) is 0 Å². The van der Waals surface area contributed by atoms with Gasteiger partial charge >= 0.3 is 0 Å². The van der Waals surface area contributed by atoms with Gasteiger partial charge in [-0.15, -0.1) is 5.10 Å². The van der Waals surface area contributed by atoms with Crippen molar-refractivity contribution in [2.45, 2.75) is 44.1 Å². The fourth-order valence-corrected chi connectivity index (χ4v) is 6.66. The number of hydrogen-bond donors (Lipinski definition) is 1. The number of ether oxygens (including phenoxy) is 2. The van der Waals surface area contributed by atoms with Gasteiger partial charge in [0.25, 0.3) is 0 Å². The smallest absolute Gasteiger partial charge is 0.230 e. The van der Waals surface area contributed by atoms with Crippen LogP contribution in [0.4, 0.5) is 5.69 Å². The zero-order valence-corrected chi connectivity index (χ0v) is 18.2. The summed E-state index contributed by atoms with van der Waals surface area (Å²) < 4.78 is 13.3. The number of amides is 1. The fraction of sp³-hybridized carbons (Fsp3) is 0.571. The van der Waals surface area contributed by atoms with E-state index in [1.807, 2.05) is 29.2 Å². The molecule has 4 aliphatic carbocycles. The molecular weight excluding hydrogens is 436 g/mol. The monoisotopic (exact) mass is 460 g/mol. The van der Waals surface area contributed by atoms with E-state index in [0.717, 1.165) is 37.8 Å². The van der Waals surface area contributed by atoms with Gasteiger partial charge in [-0.1, -0.05) is 0 Å². The van der Waals surface area contributed by atoms with Crippen molar-refractivity contribution < 1.29 is 14.3 Å². The molecule has 4 aliphatic rings. The minimum absolute atomic E-state index is 0.0992. The van der Waals surface area contributed by atoms with Crippen molar-refractivity contribution in [3.05, 3.63) is 29.3 Å². The van der Waals surface area contributed by atoms with E-state index < -0.39 is 0 Å². The SMILES string of the molecule is COc1ccc(NC(=O)C23C[C@@H]4C[C@@H](C2)CC(n2cnc(Br)n2)(C4)C3)cc1OC. The van der Waals surface area contributed by atoms with Crippen LogP contribution in [-0.2, 0) is 10.3 Å². The standard InChI is InChI=1S/C21H25BrN4O3/c1-28-16-4-3-15(6-17(16)29-2)24-18(27)20-7-13-5-14(8-20)10-21(9-13,11-20)26-12-23-19(22)25-26/h3-4,6,12-14H,5,7-11H2,1-2H3,(H,24,27)/t13-,14-,20?,21?/m0/s1. The minimum atomic E-state index is -0.352. The molecule has 1 aromatic carbocycles. The van der Waals surface area contributed by atoms with Crippen LogP contribution in [0.15, 0.2) is 29.3 Å². The van der Waals surface area contributed by atoms with Crippen LogP contribution < -0.4 is 14.8 Å². The Balaban J connectivity index is 1.44. The molecular formula is C21H25BrN4O3. The van der Waals surface area contributed by atoms with Crippen molar-refractivity contribution in [1.82, 2.24) is 14.8 Å². The first-order valence-electron chi connectivity index (χ1n) is 10.1. The average molecular weight is 461 g/mol. The van der Waals surface area contributed by atoms with E-state index >= 15 is 0 Å². The number of nitrogens with one attached hydrogen (secondary N) is 1. The van der Waals surface area contributed by atoms with Crippen LogP contribution in [0.3, 0.4) is 0 Å². The minimum Gasteiger partial charge on any atom is -0.493 e. The van der Waals surface area contributed by atoms with Gasteiger partial charge in [-0.25, -0.2) is 9.67 Å². The molecule has 2 atom stereocenters. The molecule has 1 heterocycles. The highest BCUT2D eigenvalue weighted by atomic mass is 79.9. The first-order valence-corrected chi connectivity index (χ1v) is 10.9. The Morgan fingerprint density at radius 1 is 1.17 bits per heavy atom. The molecule has 0 unspecified atom stereocenters. The van der Waals surface area contributed by atoms with Crippen molar-refractivity contribution in [1.29, 1.82) is 0 Å². The second kappa shape index (κ2) is 6.72. The summed E-state index contributed by atoms with van der Waals surface area (Å²) in [7, 11) is 3.20. The molecule has 154 valence electrons. The van der Waals surface area contributed by atoms with Gasteiger partial charge in [-0.3, -0.25) is 4.79 Å². The molecule has 0 aliphatic heterocycles. The number of carbonyl (C=O) groups is 1. The molecule has 2 aromatic rings. The topological polar surface area (TPSA) is 78.3 Å². The number of nitrogens with zero attached hydrogens (tertiary/aromatic N) is 3. The summed E-state index contributed by atoms with van der Waals surface area (Å²) in [5.41, 5.74) is 0.286. The van der Waals surface area contributed by atoms with E-state index in [2.05, 4.69) is 31.3 Å². The van der Waals surface area contributed by atoms with Gasteiger partial charge < -0.3 is 14.8 Å². The van der Waals surface area contributed by atoms with Crippen LogP contribution >= 0.6 is 15.9 Å². The molecule has 4 bridgehead atoms. The number of methoxy groups -OCH3 is 2. The van der Waals surface area contributed by atoms with E-state index in [-0.39, 0.29) is 16.9 Å². The third-order valence-electron chi connectivity index (χ3n) is 7.10. The van der Waals surface area contributed by atoms with E-state index in [4.69, 9.17) is 9.47 Å². The summed E-state index contributed by atoms with van der Waals surface area (Å²) in [4.78, 5) is 17.8. The molecule has 0 saturated heterocycles. The Kier molecular flexibility index (Phi) is 4.38. The normalized spacial score (nSPS) is 32.2. The van der Waals surface area contributed by atoms with Crippen LogP contribution in [0.5, 0.6) is 11.5 Å². The summed E-state index contributed by atoms with van der Waals surface area (Å²) in [6.07, 6.45) is 7.96. The zero-order chi connectivity index (χ0) is 20.2. The van der Waals surface area contributed by atoms with Crippen LogP contribution in [0.1, 0.15) is 38.5 Å². The fourth-order valence-electron chi connectivity index (χ4n) is 6.40. The Hall–Kier alpha value is -2.09. The lowest BCUT2D eigenvalue weighted by molar-refractivity contribution is -0.150. The number of hydrogen-bond acceptors (Lipinski definition) is 5. The molecule has 29 heavy (non-hydrogen) atoms. The summed E-state index contributed by atoms with van der Waals surface area (Å²) in [5, 5.41) is 7.75. The number of rotatable bonds is 5. The molecule has 1 N–H and O–H groups in total. The third kappa shape index (κ3) is 3.03. The molecule has 7 nitrogen and oxygen atoms in total. The lowest BCUT2D eigenvalue weighted by atomic mass is 9.46. The number of benzene rings is 1. The van der Waals surface area contributed by atoms with Gasteiger partial charge in [0.1, 0.15) is 6.33 Å². The van der Waals surface area contributed by atoms with Crippen LogP contribution in [0, 0.1) is 17.3 Å². The van der Waals surface area contributed by atoms with Gasteiger partial charge in [0.2, 0.25) is 10.6 Å². The van der Waals surface area contributed by atoms with Crippen molar-refractivity contribution in [3.8, 4) is 11.5 Å². The quantitative estimate of drug-likeness (QED) is 0.729. The van der Waals surface area contributed by atoms with Crippen molar-refractivity contribution in [2.75, 3.05) is 19.5 Å². The molecule has 4 fully saturated rings. The van der Waals surface area contributed by atoms with E-state index in [1.54, 1.807) is 14.2 Å². The molecule has 8 heteroatoms. The zero-order valence-electron chi connectivity index (χ0n) is 16.7. The summed E-state index contributed by atoms with van der Waals surface area (Å²) in [5.74, 6) is 2.50. The van der Waals surface area contributed by atoms with Gasteiger partial charge in [0.05, 0.1) is 25.2 Å². The third-order valence-corrected chi connectivity index (χ3v) is 7.47. The molecule has 4 saturated carbocycles. The van der Waals surface area contributed by atoms with Gasteiger partial charge in [-0.2, -0.15) is 0 Å². The summed E-state index contributed by atoms with van der Waals surface area (Å²) >= 11 is 3.38. The lowest BCUT2D eigenvalue weighted by Gasteiger charge is -2.60. The predicted molar refractivity (Wildman–Crippen MR) is 111 cm³/mol. The highest BCUT2D eigenvalue weighted by molar-refractivity contribution is 9.10. The highest BCUT2D eigenvalue weighted by Gasteiger charge is 2.61. The average Bonchev–Trinajstić information content (AvgIpc) is 3.14. The predicted octanol–water partition coefficient (Wildman–Crippen LogP) is 3.99.